The molecule has 3 nitrogen and oxygen atoms in total. The molecule has 0 unspecified atom stereocenters. The van der Waals surface area contributed by atoms with E-state index < -0.39 is 0 Å². The van der Waals surface area contributed by atoms with E-state index in [0.717, 1.165) is 44.1 Å². The molecule has 0 spiro atoms. The zero-order valence-electron chi connectivity index (χ0n) is 11.7. The third-order valence-corrected chi connectivity index (χ3v) is 3.32. The van der Waals surface area contributed by atoms with Gasteiger partial charge in [0.1, 0.15) is 5.78 Å². The summed E-state index contributed by atoms with van der Waals surface area (Å²) < 4.78 is 0. The number of hydrogen-bond donors (Lipinski definition) is 2. The molecule has 0 saturated carbocycles. The van der Waals surface area contributed by atoms with Gasteiger partial charge in [0.05, 0.1) is 0 Å². The van der Waals surface area contributed by atoms with Gasteiger partial charge in [-0.3, -0.25) is 0 Å². The number of ketones is 1. The van der Waals surface area contributed by atoms with Gasteiger partial charge >= 0.3 is 0 Å². The van der Waals surface area contributed by atoms with Crippen LogP contribution in [0.3, 0.4) is 0 Å². The number of Topliss-reactive ketones (excluding diaryl/α,β-unsaturated/α-hetero) is 1. The first-order valence-electron chi connectivity index (χ1n) is 7.10. The Bertz CT molecular complexity index is 399. The lowest BCUT2D eigenvalue weighted by Crippen LogP contribution is -1.90. The third-order valence-electron chi connectivity index (χ3n) is 3.32. The summed E-state index contributed by atoms with van der Waals surface area (Å²) in [6, 6.07) is 5.10. The van der Waals surface area contributed by atoms with Gasteiger partial charge in [-0.2, -0.15) is 0 Å². The van der Waals surface area contributed by atoms with Crippen molar-refractivity contribution in [3.8, 4) is 11.5 Å². The molecule has 3 heteroatoms. The van der Waals surface area contributed by atoms with Gasteiger partial charge < -0.3 is 15.0 Å². The van der Waals surface area contributed by atoms with Gasteiger partial charge in [-0.15, -0.1) is 0 Å². The molecular formula is C16H24O3. The van der Waals surface area contributed by atoms with Gasteiger partial charge in [0.2, 0.25) is 0 Å². The summed E-state index contributed by atoms with van der Waals surface area (Å²) in [5, 5.41) is 19.0. The molecule has 0 radical (unpaired) electrons. The Kier molecular flexibility index (Phi) is 7.01. The highest BCUT2D eigenvalue weighted by Crippen LogP contribution is 2.29. The van der Waals surface area contributed by atoms with Crippen molar-refractivity contribution in [2.45, 2.75) is 58.3 Å². The van der Waals surface area contributed by atoms with Crippen molar-refractivity contribution in [3.63, 3.8) is 0 Å². The standard InChI is InChI=1S/C16H24O3/c1-13(17)9-6-4-2-3-5-7-10-14-11-8-12-15(18)16(14)19/h8,11-12,18-19H,2-7,9-10H2,1H3. The number of phenols is 2. The van der Waals surface area contributed by atoms with Crippen LogP contribution in [0.15, 0.2) is 18.2 Å². The van der Waals surface area contributed by atoms with Crippen LogP contribution in [0, 0.1) is 0 Å². The van der Waals surface area contributed by atoms with Gasteiger partial charge in [0.25, 0.3) is 0 Å². The molecule has 0 amide bonds. The number of phenolic OH excluding ortho intramolecular Hbond substituents is 2. The molecule has 2 N–H and O–H groups in total. The number of aryl methyl sites for hydroxylation is 1. The van der Waals surface area contributed by atoms with Crippen molar-refractivity contribution in [2.24, 2.45) is 0 Å². The minimum Gasteiger partial charge on any atom is -0.504 e. The molecule has 0 aliphatic heterocycles. The number of unbranched alkanes of at least 4 members (excludes halogenated alkanes) is 5. The van der Waals surface area contributed by atoms with E-state index in [1.54, 1.807) is 13.0 Å². The fraction of sp³-hybridized carbons (Fsp3) is 0.562. The Labute approximate surface area is 115 Å². The second-order valence-corrected chi connectivity index (χ2v) is 5.11. The predicted molar refractivity (Wildman–Crippen MR) is 76.5 cm³/mol. The average molecular weight is 264 g/mol. The SMILES string of the molecule is CC(=O)CCCCCCCCc1cccc(O)c1O. The molecule has 0 atom stereocenters. The Morgan fingerprint density at radius 2 is 1.63 bits per heavy atom. The van der Waals surface area contributed by atoms with E-state index in [2.05, 4.69) is 0 Å². The minimum atomic E-state index is -0.0401. The van der Waals surface area contributed by atoms with Gasteiger partial charge in [-0.25, -0.2) is 0 Å². The molecule has 0 saturated heterocycles. The van der Waals surface area contributed by atoms with Crippen molar-refractivity contribution in [2.75, 3.05) is 0 Å². The van der Waals surface area contributed by atoms with Crippen molar-refractivity contribution in [1.29, 1.82) is 0 Å². The quantitative estimate of drug-likeness (QED) is 0.524. The second-order valence-electron chi connectivity index (χ2n) is 5.11. The number of rotatable bonds is 9. The molecule has 0 bridgehead atoms. The monoisotopic (exact) mass is 264 g/mol. The normalized spacial score (nSPS) is 10.6. The Morgan fingerprint density at radius 3 is 2.32 bits per heavy atom. The average Bonchev–Trinajstić information content (AvgIpc) is 2.37. The smallest absolute Gasteiger partial charge is 0.160 e. The second kappa shape index (κ2) is 8.57. The van der Waals surface area contributed by atoms with Crippen LogP contribution in [-0.4, -0.2) is 16.0 Å². The van der Waals surface area contributed by atoms with Crippen LogP contribution in [0.4, 0.5) is 0 Å². The van der Waals surface area contributed by atoms with Crippen LogP contribution < -0.4 is 0 Å². The molecule has 106 valence electrons. The first-order chi connectivity index (χ1) is 9.11. The maximum atomic E-state index is 10.8. The molecule has 1 rings (SSSR count). The topological polar surface area (TPSA) is 57.5 Å². The molecule has 0 heterocycles. The molecule has 1 aromatic rings. The van der Waals surface area contributed by atoms with Gasteiger partial charge in [0.15, 0.2) is 11.5 Å². The number of benzene rings is 1. The van der Waals surface area contributed by atoms with E-state index >= 15 is 0 Å². The third kappa shape index (κ3) is 6.27. The molecule has 0 aromatic heterocycles. The van der Waals surface area contributed by atoms with Crippen LogP contribution >= 0.6 is 0 Å². The molecular weight excluding hydrogens is 240 g/mol. The Morgan fingerprint density at radius 1 is 1.00 bits per heavy atom. The zero-order chi connectivity index (χ0) is 14.1. The lowest BCUT2D eigenvalue weighted by molar-refractivity contribution is -0.117. The van der Waals surface area contributed by atoms with E-state index in [0.29, 0.717) is 6.42 Å². The van der Waals surface area contributed by atoms with Crippen LogP contribution in [0.5, 0.6) is 11.5 Å². The summed E-state index contributed by atoms with van der Waals surface area (Å²) in [6.07, 6.45) is 8.10. The predicted octanol–water partition coefficient (Wildman–Crippen LogP) is 3.96. The highest BCUT2D eigenvalue weighted by molar-refractivity contribution is 5.75. The van der Waals surface area contributed by atoms with E-state index in [1.165, 1.54) is 12.5 Å². The highest BCUT2D eigenvalue weighted by Gasteiger charge is 2.04. The summed E-state index contributed by atoms with van der Waals surface area (Å²) in [7, 11) is 0. The maximum absolute atomic E-state index is 10.8. The molecule has 0 fully saturated rings. The first-order valence-corrected chi connectivity index (χ1v) is 7.10. The van der Waals surface area contributed by atoms with Crippen molar-refractivity contribution in [3.05, 3.63) is 23.8 Å². The summed E-state index contributed by atoms with van der Waals surface area (Å²) in [4.78, 5) is 10.8. The summed E-state index contributed by atoms with van der Waals surface area (Å²) in [5.74, 6) is 0.255. The molecule has 0 aliphatic carbocycles. The number of carbonyl (C=O) groups excluding carboxylic acids is 1. The van der Waals surface area contributed by atoms with E-state index in [-0.39, 0.29) is 17.3 Å². The van der Waals surface area contributed by atoms with Crippen LogP contribution in [0.2, 0.25) is 0 Å². The van der Waals surface area contributed by atoms with Crippen LogP contribution in [0.25, 0.3) is 0 Å². The number of carbonyl (C=O) groups is 1. The fourth-order valence-corrected chi connectivity index (χ4v) is 2.18. The number of para-hydroxylation sites is 1. The Balaban J connectivity index is 2.08. The fourth-order valence-electron chi connectivity index (χ4n) is 2.18. The molecule has 1 aromatic carbocycles. The minimum absolute atomic E-state index is 0.0176. The molecule has 19 heavy (non-hydrogen) atoms. The lowest BCUT2D eigenvalue weighted by Gasteiger charge is -2.06. The van der Waals surface area contributed by atoms with Gasteiger partial charge in [-0.1, -0.05) is 37.8 Å². The first kappa shape index (κ1) is 15.5. The zero-order valence-corrected chi connectivity index (χ0v) is 11.7. The van der Waals surface area contributed by atoms with E-state index in [4.69, 9.17) is 0 Å². The summed E-state index contributed by atoms with van der Waals surface area (Å²) in [6.45, 7) is 1.64. The van der Waals surface area contributed by atoms with Crippen molar-refractivity contribution in [1.82, 2.24) is 0 Å². The lowest BCUT2D eigenvalue weighted by atomic mass is 10.0. The van der Waals surface area contributed by atoms with Gasteiger partial charge in [0, 0.05) is 6.42 Å². The number of aromatic hydroxyl groups is 2. The highest BCUT2D eigenvalue weighted by atomic mass is 16.3. The van der Waals surface area contributed by atoms with Crippen molar-refractivity contribution >= 4 is 5.78 Å². The Hall–Kier alpha value is -1.51. The van der Waals surface area contributed by atoms with E-state index in [9.17, 15) is 15.0 Å². The van der Waals surface area contributed by atoms with Crippen LogP contribution in [0.1, 0.15) is 57.4 Å². The number of hydrogen-bond acceptors (Lipinski definition) is 3. The largest absolute Gasteiger partial charge is 0.504 e. The van der Waals surface area contributed by atoms with Crippen molar-refractivity contribution < 1.29 is 15.0 Å². The molecule has 0 aliphatic rings. The van der Waals surface area contributed by atoms with Gasteiger partial charge in [-0.05, 0) is 37.8 Å². The summed E-state index contributed by atoms with van der Waals surface area (Å²) >= 11 is 0. The maximum Gasteiger partial charge on any atom is 0.160 e. The van der Waals surface area contributed by atoms with Crippen LogP contribution in [-0.2, 0) is 11.2 Å². The summed E-state index contributed by atoms with van der Waals surface area (Å²) in [5.41, 5.74) is 0.816. The van der Waals surface area contributed by atoms with E-state index in [1.807, 2.05) is 6.07 Å².